The van der Waals surface area contributed by atoms with Gasteiger partial charge in [-0.3, -0.25) is 29.0 Å². The van der Waals surface area contributed by atoms with Crippen LogP contribution < -0.4 is 4.74 Å². The Balaban J connectivity index is 1.70. The second-order valence-corrected chi connectivity index (χ2v) is 12.8. The van der Waals surface area contributed by atoms with Crippen molar-refractivity contribution in [2.75, 3.05) is 7.11 Å². The van der Waals surface area contributed by atoms with Crippen molar-refractivity contribution < 1.29 is 29.0 Å². The third-order valence-corrected chi connectivity index (χ3v) is 8.56. The van der Waals surface area contributed by atoms with E-state index in [0.29, 0.717) is 24.2 Å². The van der Waals surface area contributed by atoms with Gasteiger partial charge in [-0.15, -0.1) is 0 Å². The van der Waals surface area contributed by atoms with E-state index < -0.39 is 46.6 Å². The molecule has 4 aliphatic rings. The molecule has 0 unspecified atom stereocenters. The highest BCUT2D eigenvalue weighted by atomic mass is 16.5. The monoisotopic (exact) mass is 508 g/mol. The first-order valence-corrected chi connectivity index (χ1v) is 13.0. The van der Waals surface area contributed by atoms with Crippen molar-refractivity contribution in [3.05, 3.63) is 35.4 Å². The number of hydrogen-bond donors (Lipinski definition) is 1. The zero-order valence-electron chi connectivity index (χ0n) is 22.6. The molecule has 1 saturated carbocycles. The molecule has 2 aliphatic carbocycles. The molecule has 2 heterocycles. The van der Waals surface area contributed by atoms with E-state index in [1.165, 1.54) is 16.9 Å². The molecule has 3 fully saturated rings. The van der Waals surface area contributed by atoms with E-state index in [1.54, 1.807) is 18.2 Å². The van der Waals surface area contributed by atoms with Crippen molar-refractivity contribution in [2.45, 2.75) is 71.4 Å². The summed E-state index contributed by atoms with van der Waals surface area (Å²) < 4.78 is 5.62. The summed E-state index contributed by atoms with van der Waals surface area (Å²) in [4.78, 5) is 57.6. The Morgan fingerprint density at radius 3 is 1.95 bits per heavy atom. The number of benzene rings is 1. The van der Waals surface area contributed by atoms with E-state index in [4.69, 9.17) is 4.74 Å². The van der Waals surface area contributed by atoms with E-state index >= 15 is 0 Å². The first-order chi connectivity index (χ1) is 17.2. The molecular weight excluding hydrogens is 472 g/mol. The first kappa shape index (κ1) is 25.5. The van der Waals surface area contributed by atoms with Gasteiger partial charge in [-0.25, -0.2) is 0 Å². The number of phenolic OH excluding ortho intramolecular Hbond substituents is 1. The third kappa shape index (κ3) is 3.55. The molecule has 0 radical (unpaired) electrons. The van der Waals surface area contributed by atoms with Gasteiger partial charge in [0.05, 0.1) is 30.8 Å². The molecule has 4 amide bonds. The van der Waals surface area contributed by atoms with Crippen LogP contribution in [0.4, 0.5) is 0 Å². The summed E-state index contributed by atoms with van der Waals surface area (Å²) in [7, 11) is 1.50. The Hall–Kier alpha value is -3.16. The molecule has 8 heteroatoms. The molecule has 2 saturated heterocycles. The van der Waals surface area contributed by atoms with Gasteiger partial charge in [0.2, 0.25) is 23.6 Å². The Morgan fingerprint density at radius 2 is 1.38 bits per heavy atom. The SMILES string of the molecule is COc1cccc(O)c1[C@H]1C2=CC[C@@H]3C(=O)N(C(C)(C)C)C(=O)[C@@H]3[C@@H]2C[C@H]2C(=O)N(C(C)(C)C)C(=O)[C@@H]12. The molecule has 1 N–H and O–H groups in total. The van der Waals surface area contributed by atoms with E-state index in [2.05, 4.69) is 0 Å². The molecule has 198 valence electrons. The lowest BCUT2D eigenvalue weighted by Gasteiger charge is -2.44. The lowest BCUT2D eigenvalue weighted by Crippen LogP contribution is -2.47. The second kappa shape index (κ2) is 8.17. The number of likely N-dealkylation sites (tertiary alicyclic amines) is 2. The predicted molar refractivity (Wildman–Crippen MR) is 135 cm³/mol. The molecule has 1 aromatic carbocycles. The van der Waals surface area contributed by atoms with Crippen LogP contribution in [0.1, 0.15) is 65.9 Å². The maximum Gasteiger partial charge on any atom is 0.234 e. The van der Waals surface area contributed by atoms with Gasteiger partial charge in [0.15, 0.2) is 0 Å². The summed E-state index contributed by atoms with van der Waals surface area (Å²) >= 11 is 0. The van der Waals surface area contributed by atoms with Crippen molar-refractivity contribution in [2.24, 2.45) is 29.6 Å². The molecular formula is C29H36N2O6. The number of hydrogen-bond acceptors (Lipinski definition) is 6. The van der Waals surface area contributed by atoms with Gasteiger partial charge in [-0.1, -0.05) is 17.7 Å². The number of phenols is 1. The third-order valence-electron chi connectivity index (χ3n) is 8.56. The Morgan fingerprint density at radius 1 is 0.811 bits per heavy atom. The van der Waals surface area contributed by atoms with Gasteiger partial charge >= 0.3 is 0 Å². The number of fused-ring (bicyclic) bond motifs is 4. The average Bonchev–Trinajstić information content (AvgIpc) is 3.21. The van der Waals surface area contributed by atoms with E-state index in [9.17, 15) is 24.3 Å². The minimum absolute atomic E-state index is 0.0219. The number of imide groups is 2. The largest absolute Gasteiger partial charge is 0.508 e. The number of nitrogens with zero attached hydrogens (tertiary/aromatic N) is 2. The fraction of sp³-hybridized carbons (Fsp3) is 0.586. The molecule has 8 nitrogen and oxygen atoms in total. The summed E-state index contributed by atoms with van der Waals surface area (Å²) in [5, 5.41) is 11.0. The fourth-order valence-electron chi connectivity index (χ4n) is 7.26. The molecule has 5 rings (SSSR count). The maximum absolute atomic E-state index is 13.9. The smallest absolute Gasteiger partial charge is 0.234 e. The molecule has 37 heavy (non-hydrogen) atoms. The highest BCUT2D eigenvalue weighted by Gasteiger charge is 2.64. The van der Waals surface area contributed by atoms with Crippen LogP contribution in [-0.4, -0.2) is 56.7 Å². The predicted octanol–water partition coefficient (Wildman–Crippen LogP) is 3.63. The highest BCUT2D eigenvalue weighted by molar-refractivity contribution is 6.08. The number of methoxy groups -OCH3 is 1. The van der Waals surface area contributed by atoms with Crippen molar-refractivity contribution in [1.82, 2.24) is 9.80 Å². The molecule has 0 aromatic heterocycles. The number of aromatic hydroxyl groups is 1. The summed E-state index contributed by atoms with van der Waals surface area (Å²) in [5.74, 6) is -4.03. The summed E-state index contributed by atoms with van der Waals surface area (Å²) in [6.07, 6.45) is 2.67. The van der Waals surface area contributed by atoms with Crippen LogP contribution in [0.2, 0.25) is 0 Å². The number of allylic oxidation sites excluding steroid dienone is 2. The number of carbonyl (C=O) groups excluding carboxylic acids is 4. The van der Waals surface area contributed by atoms with Crippen LogP contribution in [0, 0.1) is 29.6 Å². The molecule has 0 bridgehead atoms. The van der Waals surface area contributed by atoms with Gasteiger partial charge in [0.1, 0.15) is 11.5 Å². The van der Waals surface area contributed by atoms with E-state index in [-0.39, 0.29) is 29.4 Å². The molecule has 1 aromatic rings. The van der Waals surface area contributed by atoms with Gasteiger partial charge in [0, 0.05) is 22.6 Å². The fourth-order valence-corrected chi connectivity index (χ4v) is 7.26. The number of carbonyl (C=O) groups is 4. The average molecular weight is 509 g/mol. The molecule has 0 spiro atoms. The Kier molecular flexibility index (Phi) is 5.63. The van der Waals surface area contributed by atoms with Crippen molar-refractivity contribution >= 4 is 23.6 Å². The van der Waals surface area contributed by atoms with E-state index in [1.807, 2.05) is 47.6 Å². The summed E-state index contributed by atoms with van der Waals surface area (Å²) in [6, 6.07) is 4.95. The zero-order chi connectivity index (χ0) is 27.2. The van der Waals surface area contributed by atoms with Crippen LogP contribution in [0.15, 0.2) is 29.8 Å². The standard InChI is InChI=1S/C29H36N2O6/c1-28(2,3)30-24(33)15-12-11-14-16(20(15)26(30)35)13-17-22(27(36)31(25(17)34)29(4,5)6)21(14)23-18(32)9-8-10-19(23)37-7/h8-11,15-17,20-22,32H,12-13H2,1-7H3/t15-,16+,17+,20-,21-,22+/m0/s1. The topological polar surface area (TPSA) is 104 Å². The lowest BCUT2D eigenvalue weighted by atomic mass is 9.57. The van der Waals surface area contributed by atoms with Crippen molar-refractivity contribution in [1.29, 1.82) is 0 Å². The van der Waals surface area contributed by atoms with Crippen molar-refractivity contribution in [3.8, 4) is 11.5 Å². The van der Waals surface area contributed by atoms with Crippen molar-refractivity contribution in [3.63, 3.8) is 0 Å². The van der Waals surface area contributed by atoms with Gasteiger partial charge in [0.25, 0.3) is 0 Å². The quantitative estimate of drug-likeness (QED) is 0.483. The highest BCUT2D eigenvalue weighted by Crippen LogP contribution is 2.60. The summed E-state index contributed by atoms with van der Waals surface area (Å²) in [5.41, 5.74) is -0.0824. The van der Waals surface area contributed by atoms with Crippen LogP contribution in [0.5, 0.6) is 11.5 Å². The van der Waals surface area contributed by atoms with Crippen LogP contribution >= 0.6 is 0 Å². The lowest BCUT2D eigenvalue weighted by molar-refractivity contribution is -0.147. The van der Waals surface area contributed by atoms with Gasteiger partial charge < -0.3 is 9.84 Å². The van der Waals surface area contributed by atoms with Crippen LogP contribution in [0.25, 0.3) is 0 Å². The van der Waals surface area contributed by atoms with Crippen LogP contribution in [-0.2, 0) is 19.2 Å². The van der Waals surface area contributed by atoms with Crippen LogP contribution in [0.3, 0.4) is 0 Å². The minimum Gasteiger partial charge on any atom is -0.508 e. The molecule has 6 atom stereocenters. The Labute approximate surface area is 217 Å². The number of amides is 4. The number of ether oxygens (including phenoxy) is 1. The van der Waals surface area contributed by atoms with E-state index in [0.717, 1.165) is 5.57 Å². The number of rotatable bonds is 2. The second-order valence-electron chi connectivity index (χ2n) is 12.8. The maximum atomic E-state index is 13.9. The van der Waals surface area contributed by atoms with Gasteiger partial charge in [-0.2, -0.15) is 0 Å². The van der Waals surface area contributed by atoms with Gasteiger partial charge in [-0.05, 0) is 72.4 Å². The minimum atomic E-state index is -0.723. The Bertz CT molecular complexity index is 1240. The first-order valence-electron chi connectivity index (χ1n) is 13.0. The zero-order valence-corrected chi connectivity index (χ0v) is 22.6. The normalized spacial score (nSPS) is 31.8. The summed E-state index contributed by atoms with van der Waals surface area (Å²) in [6.45, 7) is 11.0. The molecule has 2 aliphatic heterocycles.